The number of carbonyl (C=O) groups excluding carboxylic acids is 6. The molecule has 0 spiro atoms. The summed E-state index contributed by atoms with van der Waals surface area (Å²) in [5.41, 5.74) is 1.09. The van der Waals surface area contributed by atoms with Crippen LogP contribution in [0.5, 0.6) is 11.5 Å². The number of ether oxygens (including phenoxy) is 5. The largest absolute Gasteiger partial charge is 0.482 e. The number of amides is 2. The smallest absolute Gasteiger partial charge is 0.412 e. The number of rotatable bonds is 15. The molecule has 14 heteroatoms. The molecule has 14 nitrogen and oxygen atoms in total. The molecule has 47 heavy (non-hydrogen) atoms. The van der Waals surface area contributed by atoms with E-state index >= 15 is 0 Å². The average molecular weight is 648 g/mol. The van der Waals surface area contributed by atoms with Gasteiger partial charge in [0, 0.05) is 18.1 Å². The fourth-order valence-electron chi connectivity index (χ4n) is 3.78. The fourth-order valence-corrected chi connectivity index (χ4v) is 3.78. The lowest BCUT2D eigenvalue weighted by Gasteiger charge is -2.13. The van der Waals surface area contributed by atoms with Crippen molar-refractivity contribution < 1.29 is 52.5 Å². The molecule has 0 aliphatic carbocycles. The zero-order valence-corrected chi connectivity index (χ0v) is 25.8. The van der Waals surface area contributed by atoms with E-state index in [-0.39, 0.29) is 49.1 Å². The van der Waals surface area contributed by atoms with E-state index in [9.17, 15) is 28.8 Å². The first kappa shape index (κ1) is 35.4. The number of benzene rings is 3. The van der Waals surface area contributed by atoms with Crippen LogP contribution in [-0.4, -0.2) is 74.5 Å². The van der Waals surface area contributed by atoms with E-state index in [1.807, 2.05) is 0 Å². The number of carbonyl (C=O) groups is 6. The van der Waals surface area contributed by atoms with Gasteiger partial charge >= 0.3 is 24.0 Å². The second-order valence-corrected chi connectivity index (χ2v) is 9.49. The molecule has 0 bridgehead atoms. The summed E-state index contributed by atoms with van der Waals surface area (Å²) in [6.45, 7) is 3.96. The molecule has 0 heterocycles. The predicted octanol–water partition coefficient (Wildman–Crippen LogP) is 3.80. The van der Waals surface area contributed by atoms with E-state index in [4.69, 9.17) is 23.7 Å². The molecule has 0 aliphatic rings. The van der Waals surface area contributed by atoms with Crippen molar-refractivity contribution in [2.24, 2.45) is 4.99 Å². The van der Waals surface area contributed by atoms with Crippen molar-refractivity contribution in [1.29, 1.82) is 0 Å². The minimum absolute atomic E-state index is 0.0496. The van der Waals surface area contributed by atoms with Gasteiger partial charge in [-0.25, -0.2) is 19.4 Å². The predicted molar refractivity (Wildman–Crippen MR) is 167 cm³/mol. The number of aliphatic imine (C=N–C) groups is 1. The number of ketones is 1. The summed E-state index contributed by atoms with van der Waals surface area (Å²) in [5, 5.41) is 4.95. The van der Waals surface area contributed by atoms with E-state index < -0.39 is 36.0 Å². The molecule has 0 saturated carbocycles. The number of para-hydroxylation sites is 1. The van der Waals surface area contributed by atoms with Gasteiger partial charge in [-0.1, -0.05) is 12.1 Å². The van der Waals surface area contributed by atoms with Crippen molar-refractivity contribution in [1.82, 2.24) is 10.6 Å². The van der Waals surface area contributed by atoms with Gasteiger partial charge in [-0.2, -0.15) is 0 Å². The first-order valence-electron chi connectivity index (χ1n) is 14.3. The van der Waals surface area contributed by atoms with Gasteiger partial charge in [0.15, 0.2) is 12.4 Å². The maximum Gasteiger partial charge on any atom is 0.412 e. The highest BCUT2D eigenvalue weighted by atomic mass is 16.6. The summed E-state index contributed by atoms with van der Waals surface area (Å²) in [4.78, 5) is 76.3. The third kappa shape index (κ3) is 11.8. The number of esters is 3. The van der Waals surface area contributed by atoms with Crippen molar-refractivity contribution in [3.63, 3.8) is 0 Å². The van der Waals surface area contributed by atoms with Crippen molar-refractivity contribution in [2.75, 3.05) is 26.4 Å². The Kier molecular flexibility index (Phi) is 13.6. The van der Waals surface area contributed by atoms with Crippen LogP contribution in [0.3, 0.4) is 0 Å². The summed E-state index contributed by atoms with van der Waals surface area (Å²) < 4.78 is 25.1. The highest BCUT2D eigenvalue weighted by Crippen LogP contribution is 2.19. The molecule has 3 aromatic rings. The summed E-state index contributed by atoms with van der Waals surface area (Å²) >= 11 is 0. The third-order valence-corrected chi connectivity index (χ3v) is 5.98. The van der Waals surface area contributed by atoms with Crippen LogP contribution in [0.15, 0.2) is 77.8 Å². The van der Waals surface area contributed by atoms with Crippen LogP contribution in [0.25, 0.3) is 0 Å². The van der Waals surface area contributed by atoms with Crippen LogP contribution in [-0.2, 0) is 23.8 Å². The normalized spacial score (nSPS) is 11.1. The lowest BCUT2D eigenvalue weighted by molar-refractivity contribution is -0.145. The summed E-state index contributed by atoms with van der Waals surface area (Å²) in [5.74, 6) is -2.20. The molecule has 2 N–H and O–H groups in total. The second-order valence-electron chi connectivity index (χ2n) is 9.49. The van der Waals surface area contributed by atoms with Gasteiger partial charge < -0.3 is 29.0 Å². The fraction of sp³-hybridized carbons (Fsp3) is 0.242. The Morgan fingerprint density at radius 3 is 2.17 bits per heavy atom. The lowest BCUT2D eigenvalue weighted by Crippen LogP contribution is -2.38. The summed E-state index contributed by atoms with van der Waals surface area (Å²) in [7, 11) is 0. The Balaban J connectivity index is 1.39. The molecular weight excluding hydrogens is 614 g/mol. The first-order valence-corrected chi connectivity index (χ1v) is 14.3. The zero-order chi connectivity index (χ0) is 34.2. The Morgan fingerprint density at radius 1 is 0.830 bits per heavy atom. The Labute approximate surface area is 270 Å². The van der Waals surface area contributed by atoms with E-state index in [0.29, 0.717) is 17.0 Å². The number of Topliss-reactive ketones (excluding diaryl/α,β-unsaturated/α-hetero) is 1. The zero-order valence-electron chi connectivity index (χ0n) is 25.8. The van der Waals surface area contributed by atoms with Gasteiger partial charge in [0.2, 0.25) is 0 Å². The summed E-state index contributed by atoms with van der Waals surface area (Å²) in [6.07, 6.45) is 0.241. The van der Waals surface area contributed by atoms with E-state index in [0.717, 1.165) is 6.34 Å². The number of alkyl carbamates (subject to hydrolysis) is 1. The standard InChI is InChI=1S/C33H33N3O11/c1-4-43-29(38)19-46-26-15-11-23(12-16-26)30(39)21(2)36-31(40)24-9-13-25(14-10-24)34-20-35-33(42)45-18-17-44-32(41)27-7-5-6-8-28(27)47-22(3)37/h5-16,20-21H,4,17-19H2,1-3H3,(H,36,40)(H,34,35,42)/t21-/m0/s1. The molecule has 0 saturated heterocycles. The van der Waals surface area contributed by atoms with Crippen LogP contribution in [0.4, 0.5) is 10.5 Å². The minimum Gasteiger partial charge on any atom is -0.482 e. The van der Waals surface area contributed by atoms with Gasteiger partial charge in [0.1, 0.15) is 30.3 Å². The summed E-state index contributed by atoms with van der Waals surface area (Å²) in [6, 6.07) is 17.5. The SMILES string of the molecule is CCOC(=O)COc1ccc(C(=O)[C@H](C)NC(=O)c2ccc(N=CNC(=O)OCCOC(=O)c3ccccc3OC(C)=O)cc2)cc1. The molecule has 3 rings (SSSR count). The maximum absolute atomic E-state index is 12.8. The van der Waals surface area contributed by atoms with Gasteiger partial charge in [-0.05, 0) is 74.5 Å². The van der Waals surface area contributed by atoms with Crippen molar-refractivity contribution >= 4 is 47.7 Å². The third-order valence-electron chi connectivity index (χ3n) is 5.98. The van der Waals surface area contributed by atoms with Crippen molar-refractivity contribution in [3.8, 4) is 11.5 Å². The topological polar surface area (TPSA) is 185 Å². The highest BCUT2D eigenvalue weighted by molar-refractivity contribution is 6.04. The molecule has 2 amide bonds. The van der Waals surface area contributed by atoms with Gasteiger partial charge in [-0.15, -0.1) is 0 Å². The maximum atomic E-state index is 12.8. The molecule has 0 aliphatic heterocycles. The van der Waals surface area contributed by atoms with Crippen LogP contribution in [0.2, 0.25) is 0 Å². The van der Waals surface area contributed by atoms with E-state index in [1.54, 1.807) is 38.1 Å². The van der Waals surface area contributed by atoms with Gasteiger partial charge in [0.05, 0.1) is 24.7 Å². The molecule has 3 aromatic carbocycles. The Morgan fingerprint density at radius 2 is 1.49 bits per heavy atom. The van der Waals surface area contributed by atoms with Crippen LogP contribution < -0.4 is 20.1 Å². The Hall–Kier alpha value is -6.05. The van der Waals surface area contributed by atoms with Crippen molar-refractivity contribution in [3.05, 3.63) is 89.5 Å². The highest BCUT2D eigenvalue weighted by Gasteiger charge is 2.19. The molecule has 246 valence electrons. The van der Waals surface area contributed by atoms with Crippen LogP contribution in [0, 0.1) is 0 Å². The molecule has 0 unspecified atom stereocenters. The Bertz CT molecular complexity index is 1600. The molecule has 0 fully saturated rings. The monoisotopic (exact) mass is 647 g/mol. The quantitative estimate of drug-likeness (QED) is 0.0465. The van der Waals surface area contributed by atoms with E-state index in [1.165, 1.54) is 55.5 Å². The van der Waals surface area contributed by atoms with Crippen molar-refractivity contribution in [2.45, 2.75) is 26.8 Å². The van der Waals surface area contributed by atoms with Gasteiger partial charge in [0.25, 0.3) is 5.91 Å². The molecular formula is C33H33N3O11. The molecule has 1 atom stereocenters. The second kappa shape index (κ2) is 18.0. The van der Waals surface area contributed by atoms with Crippen LogP contribution >= 0.6 is 0 Å². The lowest BCUT2D eigenvalue weighted by atomic mass is 10.0. The molecule has 0 radical (unpaired) electrons. The van der Waals surface area contributed by atoms with Gasteiger partial charge in [-0.3, -0.25) is 19.7 Å². The number of nitrogens with one attached hydrogen (secondary N) is 2. The minimum atomic E-state index is -0.849. The number of hydrogen-bond donors (Lipinski definition) is 2. The number of hydrogen-bond acceptors (Lipinski definition) is 12. The van der Waals surface area contributed by atoms with Crippen LogP contribution in [0.1, 0.15) is 51.8 Å². The molecule has 0 aromatic heterocycles. The first-order chi connectivity index (χ1) is 22.6. The number of nitrogens with zero attached hydrogens (tertiary/aromatic N) is 1. The van der Waals surface area contributed by atoms with E-state index in [2.05, 4.69) is 15.6 Å². The average Bonchev–Trinajstić information content (AvgIpc) is 3.06.